The number of nitrogens with zero attached hydrogens (tertiary/aromatic N) is 3. The highest BCUT2D eigenvalue weighted by molar-refractivity contribution is 5.99. The first-order valence-corrected chi connectivity index (χ1v) is 25.8. The second kappa shape index (κ2) is 19.2. The Morgan fingerprint density at radius 3 is 1.73 bits per heavy atom. The Bertz CT molecular complexity index is 3850. The molecule has 10 rings (SSSR count). The number of pyridine rings is 1. The van der Waals surface area contributed by atoms with Crippen LogP contribution in [-0.2, 0) is 16.2 Å². The summed E-state index contributed by atoms with van der Waals surface area (Å²) in [7, 11) is 0. The topological polar surface area (TPSA) is 50.9 Å². The summed E-state index contributed by atoms with van der Waals surface area (Å²) in [5.74, 6) is -0.105. The number of imidazole rings is 1. The summed E-state index contributed by atoms with van der Waals surface area (Å²) in [6.45, 7) is 20.8. The van der Waals surface area contributed by atoms with Crippen molar-refractivity contribution >= 4 is 11.0 Å². The van der Waals surface area contributed by atoms with Gasteiger partial charge in [-0.3, -0.25) is 9.55 Å². The lowest BCUT2D eigenvalue weighted by atomic mass is 9.79. The second-order valence-corrected chi connectivity index (χ2v) is 23.1. The third-order valence-electron chi connectivity index (χ3n) is 14.4. The maximum atomic E-state index is 12.8. The van der Waals surface area contributed by atoms with Crippen molar-refractivity contribution in [3.8, 4) is 89.7 Å². The number of aryl methyl sites for hydroxylation is 1. The smallest absolute Gasteiger partial charge is 0.149 e. The number of aromatic nitrogens is 3. The summed E-state index contributed by atoms with van der Waals surface area (Å²) < 4.78 is 38.1. The molecule has 1 N–H and O–H groups in total. The first-order valence-electron chi connectivity index (χ1n) is 27.8. The molecule has 2 heterocycles. The molecule has 4 heteroatoms. The van der Waals surface area contributed by atoms with Crippen molar-refractivity contribution in [3.63, 3.8) is 0 Å². The maximum absolute atomic E-state index is 12.8. The van der Waals surface area contributed by atoms with Gasteiger partial charge in [-0.2, -0.15) is 0 Å². The molecule has 0 amide bonds. The van der Waals surface area contributed by atoms with Crippen molar-refractivity contribution in [1.29, 1.82) is 0 Å². The van der Waals surface area contributed by atoms with Crippen LogP contribution in [0.2, 0.25) is 0 Å². The van der Waals surface area contributed by atoms with Gasteiger partial charge in [0, 0.05) is 33.9 Å². The van der Waals surface area contributed by atoms with Crippen LogP contribution in [-0.4, -0.2) is 19.6 Å². The van der Waals surface area contributed by atoms with E-state index in [9.17, 15) is 5.11 Å². The first-order chi connectivity index (χ1) is 36.7. The molecular weight excluding hydrogens is 899 g/mol. The van der Waals surface area contributed by atoms with E-state index in [1.807, 2.05) is 105 Å². The molecule has 0 saturated carbocycles. The summed E-state index contributed by atoms with van der Waals surface area (Å²) in [6.07, 6.45) is 1.85. The summed E-state index contributed by atoms with van der Waals surface area (Å²) in [4.78, 5) is 10.7. The van der Waals surface area contributed by atoms with Gasteiger partial charge in [-0.15, -0.1) is 0 Å². The highest BCUT2D eigenvalue weighted by Crippen LogP contribution is 2.47. The number of phenolic OH excluding ortho intramolecular Hbond substituents is 1. The molecule has 8 aromatic carbocycles. The van der Waals surface area contributed by atoms with Gasteiger partial charge in [-0.05, 0) is 150 Å². The largest absolute Gasteiger partial charge is 0.507 e. The molecule has 0 spiro atoms. The van der Waals surface area contributed by atoms with Crippen LogP contribution in [0.15, 0.2) is 188 Å². The third-order valence-corrected chi connectivity index (χ3v) is 14.4. The van der Waals surface area contributed by atoms with Crippen LogP contribution in [0, 0.1) is 6.85 Å². The molecule has 0 atom stereocenters. The fourth-order valence-corrected chi connectivity index (χ4v) is 10.1. The van der Waals surface area contributed by atoms with E-state index in [1.54, 1.807) is 0 Å². The molecule has 10 aromatic rings. The average molecular weight is 972 g/mol. The second-order valence-electron chi connectivity index (χ2n) is 23.1. The summed E-state index contributed by atoms with van der Waals surface area (Å²) in [5.41, 5.74) is 16.6. The zero-order chi connectivity index (χ0) is 55.7. The Labute approximate surface area is 445 Å². The van der Waals surface area contributed by atoms with Crippen LogP contribution >= 0.6 is 0 Å². The summed E-state index contributed by atoms with van der Waals surface area (Å²) in [6, 6.07) is 61.9. The van der Waals surface area contributed by atoms with E-state index in [0.29, 0.717) is 28.2 Å². The van der Waals surface area contributed by atoms with E-state index in [-0.39, 0.29) is 22.1 Å². The predicted molar refractivity (Wildman–Crippen MR) is 314 cm³/mol. The quantitative estimate of drug-likeness (QED) is 0.157. The zero-order valence-corrected chi connectivity index (χ0v) is 44.7. The fourth-order valence-electron chi connectivity index (χ4n) is 10.1. The average Bonchev–Trinajstić information content (AvgIpc) is 4.04. The van der Waals surface area contributed by atoms with E-state index in [0.717, 1.165) is 83.5 Å². The van der Waals surface area contributed by atoms with E-state index in [2.05, 4.69) is 164 Å². The van der Waals surface area contributed by atoms with E-state index in [1.165, 1.54) is 5.56 Å². The van der Waals surface area contributed by atoms with Gasteiger partial charge in [0.2, 0.25) is 0 Å². The van der Waals surface area contributed by atoms with Gasteiger partial charge in [0.05, 0.1) is 28.0 Å². The van der Waals surface area contributed by atoms with Gasteiger partial charge in [-0.1, -0.05) is 204 Å². The number of hydrogen-bond donors (Lipinski definition) is 1. The number of benzene rings is 8. The number of para-hydroxylation sites is 1. The van der Waals surface area contributed by atoms with Gasteiger partial charge in [0.1, 0.15) is 11.6 Å². The van der Waals surface area contributed by atoms with Crippen LogP contribution in [0.1, 0.15) is 115 Å². The van der Waals surface area contributed by atoms with Gasteiger partial charge in [-0.25, -0.2) is 4.98 Å². The SMILES string of the molecule is [2H]C([2H])([2H])c1cc(-n2c(-c3cc(C(C)(C)C)cc(C(C)(C)C)c3O)nc3c(-c4cc(-c5ccccc5)cc(-c5cc(-c6ccc(C([2H])(C)C)cc6)ccn5)c4)cccc32)c(-c2ccc(C(C)(C)C)cc2)cc1-c1ccccc1. The number of fused-ring (bicyclic) bond motifs is 1. The normalized spacial score (nSPS) is 13.3. The molecule has 74 heavy (non-hydrogen) atoms. The Hall–Kier alpha value is -7.82. The molecule has 0 aliphatic carbocycles. The molecule has 0 bridgehead atoms. The van der Waals surface area contributed by atoms with Crippen LogP contribution in [0.3, 0.4) is 0 Å². The fraction of sp³-hybridized carbons (Fsp3) is 0.229. The Kier molecular flexibility index (Phi) is 11.6. The van der Waals surface area contributed by atoms with Gasteiger partial charge < -0.3 is 5.11 Å². The van der Waals surface area contributed by atoms with Gasteiger partial charge >= 0.3 is 0 Å². The molecular formula is C70H69N3O. The van der Waals surface area contributed by atoms with Crippen molar-refractivity contribution in [2.24, 2.45) is 0 Å². The van der Waals surface area contributed by atoms with Crippen molar-refractivity contribution < 1.29 is 10.6 Å². The lowest BCUT2D eigenvalue weighted by molar-refractivity contribution is 0.446. The van der Waals surface area contributed by atoms with E-state index >= 15 is 0 Å². The van der Waals surface area contributed by atoms with Crippen molar-refractivity contribution in [2.45, 2.75) is 105 Å². The van der Waals surface area contributed by atoms with Crippen LogP contribution in [0.4, 0.5) is 0 Å². The summed E-state index contributed by atoms with van der Waals surface area (Å²) >= 11 is 0. The lowest BCUT2D eigenvalue weighted by Gasteiger charge is -2.28. The standard InChI is InChI=1S/C70H69N3O/c1-44(2)46-26-28-48(29-27-46)51-34-35-71-62(40-51)54-38-52(47-20-15-13-16-21-47)37-53(39-54)57-24-19-25-63-65(57)72-67(60-41-56(69(7,8)9)42-61(66(60)74)70(10,11)12)73(63)64-36-45(3)58(49-22-17-14-18-23-49)43-59(64)50-30-32-55(33-31-50)68(4,5)6/h13-44,74H,1-12H3/i3D3,44D. The van der Waals surface area contributed by atoms with E-state index in [4.69, 9.17) is 15.5 Å². The number of hydrogen-bond acceptors (Lipinski definition) is 3. The predicted octanol–water partition coefficient (Wildman–Crippen LogP) is 19.1. The third kappa shape index (κ3) is 9.74. The monoisotopic (exact) mass is 972 g/mol. The summed E-state index contributed by atoms with van der Waals surface area (Å²) in [5, 5.41) is 12.8. The minimum Gasteiger partial charge on any atom is -0.507 e. The van der Waals surface area contributed by atoms with Crippen LogP contribution in [0.5, 0.6) is 5.75 Å². The molecule has 370 valence electrons. The van der Waals surface area contributed by atoms with Gasteiger partial charge in [0.25, 0.3) is 0 Å². The minimum absolute atomic E-state index is 0.102. The van der Waals surface area contributed by atoms with Crippen molar-refractivity contribution in [2.75, 3.05) is 0 Å². The molecule has 0 fully saturated rings. The Morgan fingerprint density at radius 2 is 1.09 bits per heavy atom. The Morgan fingerprint density at radius 1 is 0.486 bits per heavy atom. The minimum atomic E-state index is -2.51. The van der Waals surface area contributed by atoms with Crippen LogP contribution < -0.4 is 0 Å². The van der Waals surface area contributed by atoms with Crippen LogP contribution in [0.25, 0.3) is 95.0 Å². The van der Waals surface area contributed by atoms with Crippen molar-refractivity contribution in [3.05, 3.63) is 216 Å². The number of phenols is 1. The molecule has 0 aliphatic heterocycles. The Balaban J connectivity index is 1.30. The number of rotatable bonds is 9. The lowest BCUT2D eigenvalue weighted by Crippen LogP contribution is -2.17. The van der Waals surface area contributed by atoms with Crippen molar-refractivity contribution in [1.82, 2.24) is 14.5 Å². The zero-order valence-electron chi connectivity index (χ0n) is 48.7. The number of aromatic hydroxyl groups is 1. The first kappa shape index (κ1) is 44.8. The highest BCUT2D eigenvalue weighted by atomic mass is 16.3. The molecule has 0 radical (unpaired) electrons. The molecule has 4 nitrogen and oxygen atoms in total. The highest BCUT2D eigenvalue weighted by Gasteiger charge is 2.30. The molecule has 2 aromatic heterocycles. The van der Waals surface area contributed by atoms with Gasteiger partial charge in [0.15, 0.2) is 0 Å². The molecule has 0 unspecified atom stereocenters. The van der Waals surface area contributed by atoms with E-state index < -0.39 is 18.2 Å². The molecule has 0 saturated heterocycles. The maximum Gasteiger partial charge on any atom is 0.149 e. The molecule has 0 aliphatic rings.